The average Bonchev–Trinajstić information content (AvgIpc) is 2.61. The highest BCUT2D eigenvalue weighted by molar-refractivity contribution is 6.30. The second-order valence-corrected chi connectivity index (χ2v) is 7.41. The predicted octanol–water partition coefficient (Wildman–Crippen LogP) is 3.91. The van der Waals surface area contributed by atoms with Crippen molar-refractivity contribution in [1.82, 2.24) is 14.9 Å². The fourth-order valence-electron chi connectivity index (χ4n) is 3.33. The third-order valence-electron chi connectivity index (χ3n) is 5.06. The summed E-state index contributed by atoms with van der Waals surface area (Å²) in [5.41, 5.74) is 1.45. The van der Waals surface area contributed by atoms with Crippen LogP contribution < -0.4 is 5.56 Å². The van der Waals surface area contributed by atoms with Gasteiger partial charge in [0.15, 0.2) is 0 Å². The molecular formula is C21H20ClN3O2. The number of carbonyl (C=O) groups excluding carboxylic acids is 1. The molecule has 0 unspecified atom stereocenters. The highest BCUT2D eigenvalue weighted by atomic mass is 35.5. The maximum atomic E-state index is 12.9. The number of aromatic nitrogens is 2. The standard InChI is InChI=1S/C21H20ClN3O2/c22-16-10-8-14(9-11-16)12-25(21(27)15-4-3-5-15)13-19-23-18-7-2-1-6-17(18)20(26)24-19/h1-2,6-11,15H,3-5,12-13H2,(H,23,24,26). The Labute approximate surface area is 162 Å². The zero-order valence-corrected chi connectivity index (χ0v) is 15.6. The molecule has 2 aromatic carbocycles. The lowest BCUT2D eigenvalue weighted by Gasteiger charge is -2.31. The molecule has 0 atom stereocenters. The van der Waals surface area contributed by atoms with Crippen molar-refractivity contribution in [1.29, 1.82) is 0 Å². The maximum absolute atomic E-state index is 12.9. The number of hydrogen-bond acceptors (Lipinski definition) is 3. The largest absolute Gasteiger partial charge is 0.331 e. The smallest absolute Gasteiger partial charge is 0.258 e. The summed E-state index contributed by atoms with van der Waals surface area (Å²) in [6, 6.07) is 14.7. The van der Waals surface area contributed by atoms with Gasteiger partial charge in [-0.2, -0.15) is 0 Å². The van der Waals surface area contributed by atoms with E-state index in [1.165, 1.54) is 0 Å². The van der Waals surface area contributed by atoms with Crippen LogP contribution in [0.25, 0.3) is 10.9 Å². The van der Waals surface area contributed by atoms with Crippen molar-refractivity contribution in [2.24, 2.45) is 5.92 Å². The summed E-state index contributed by atoms with van der Waals surface area (Å²) in [6.45, 7) is 0.737. The second kappa shape index (κ2) is 7.53. The fourth-order valence-corrected chi connectivity index (χ4v) is 3.45. The molecule has 1 fully saturated rings. The van der Waals surface area contributed by atoms with Crippen molar-refractivity contribution in [2.75, 3.05) is 0 Å². The van der Waals surface area contributed by atoms with Gasteiger partial charge in [0.2, 0.25) is 5.91 Å². The number of nitrogens with one attached hydrogen (secondary N) is 1. The molecule has 3 aromatic rings. The first kappa shape index (κ1) is 17.7. The second-order valence-electron chi connectivity index (χ2n) is 6.98. The van der Waals surface area contributed by atoms with Gasteiger partial charge in [0.25, 0.3) is 5.56 Å². The molecule has 1 aliphatic carbocycles. The minimum Gasteiger partial charge on any atom is -0.331 e. The van der Waals surface area contributed by atoms with Crippen molar-refractivity contribution in [3.8, 4) is 0 Å². The van der Waals surface area contributed by atoms with E-state index in [9.17, 15) is 9.59 Å². The summed E-state index contributed by atoms with van der Waals surface area (Å²) in [5.74, 6) is 0.692. The van der Waals surface area contributed by atoms with Crippen LogP contribution in [0.2, 0.25) is 5.02 Å². The van der Waals surface area contributed by atoms with Crippen molar-refractivity contribution >= 4 is 28.4 Å². The van der Waals surface area contributed by atoms with E-state index in [4.69, 9.17) is 11.6 Å². The van der Waals surface area contributed by atoms with Crippen LogP contribution in [-0.2, 0) is 17.9 Å². The van der Waals surface area contributed by atoms with Crippen LogP contribution in [0.15, 0.2) is 53.3 Å². The highest BCUT2D eigenvalue weighted by Crippen LogP contribution is 2.29. The summed E-state index contributed by atoms with van der Waals surface area (Å²) in [5, 5.41) is 1.21. The molecular weight excluding hydrogens is 362 g/mol. The van der Waals surface area contributed by atoms with Gasteiger partial charge >= 0.3 is 0 Å². The zero-order chi connectivity index (χ0) is 18.8. The summed E-state index contributed by atoms with van der Waals surface area (Å²) < 4.78 is 0. The number of amides is 1. The van der Waals surface area contributed by atoms with Crippen LogP contribution in [-0.4, -0.2) is 20.8 Å². The fraction of sp³-hybridized carbons (Fsp3) is 0.286. The molecule has 1 heterocycles. The molecule has 0 aliphatic heterocycles. The molecule has 1 N–H and O–H groups in total. The Morgan fingerprint density at radius 1 is 1.11 bits per heavy atom. The Morgan fingerprint density at radius 2 is 1.85 bits per heavy atom. The number of aromatic amines is 1. The lowest BCUT2D eigenvalue weighted by atomic mass is 9.84. The SMILES string of the molecule is O=C(C1CCC1)N(Cc1ccc(Cl)cc1)Cc1nc2ccccc2c(=O)[nH]1. The van der Waals surface area contributed by atoms with E-state index in [1.807, 2.05) is 42.5 Å². The monoisotopic (exact) mass is 381 g/mol. The van der Waals surface area contributed by atoms with Crippen LogP contribution in [0.5, 0.6) is 0 Å². The zero-order valence-electron chi connectivity index (χ0n) is 14.8. The number of para-hydroxylation sites is 1. The summed E-state index contributed by atoms with van der Waals surface area (Å²) >= 11 is 5.97. The van der Waals surface area contributed by atoms with E-state index >= 15 is 0 Å². The van der Waals surface area contributed by atoms with Gasteiger partial charge in [-0.15, -0.1) is 0 Å². The first-order valence-corrected chi connectivity index (χ1v) is 9.49. The van der Waals surface area contributed by atoms with E-state index in [2.05, 4.69) is 9.97 Å². The summed E-state index contributed by atoms with van der Waals surface area (Å²) in [4.78, 5) is 34.4. The Kier molecular flexibility index (Phi) is 4.94. The van der Waals surface area contributed by atoms with Gasteiger partial charge in [-0.3, -0.25) is 9.59 Å². The Balaban J connectivity index is 1.63. The molecule has 1 aromatic heterocycles. The maximum Gasteiger partial charge on any atom is 0.258 e. The number of H-pyrrole nitrogens is 1. The summed E-state index contributed by atoms with van der Waals surface area (Å²) in [6.07, 6.45) is 2.95. The molecule has 27 heavy (non-hydrogen) atoms. The number of rotatable bonds is 5. The molecule has 1 saturated carbocycles. The molecule has 0 saturated heterocycles. The lowest BCUT2D eigenvalue weighted by molar-refractivity contribution is -0.139. The number of benzene rings is 2. The third-order valence-corrected chi connectivity index (χ3v) is 5.31. The van der Waals surface area contributed by atoms with Gasteiger partial charge in [0.05, 0.1) is 17.4 Å². The normalized spacial score (nSPS) is 14.1. The van der Waals surface area contributed by atoms with E-state index in [0.717, 1.165) is 24.8 Å². The minimum atomic E-state index is -0.182. The first-order chi connectivity index (χ1) is 13.1. The van der Waals surface area contributed by atoms with Crippen molar-refractivity contribution in [3.63, 3.8) is 0 Å². The van der Waals surface area contributed by atoms with Crippen LogP contribution in [0.1, 0.15) is 30.7 Å². The van der Waals surface area contributed by atoms with E-state index in [0.29, 0.717) is 28.3 Å². The number of fused-ring (bicyclic) bond motifs is 1. The number of carbonyl (C=O) groups is 1. The van der Waals surface area contributed by atoms with Gasteiger partial charge in [-0.25, -0.2) is 4.98 Å². The van der Waals surface area contributed by atoms with Crippen molar-refractivity contribution in [2.45, 2.75) is 32.4 Å². The van der Waals surface area contributed by atoms with E-state index < -0.39 is 0 Å². The Bertz CT molecular complexity index is 1030. The van der Waals surface area contributed by atoms with Crippen LogP contribution in [0.3, 0.4) is 0 Å². The number of halogens is 1. The highest BCUT2D eigenvalue weighted by Gasteiger charge is 2.30. The molecule has 6 heteroatoms. The quantitative estimate of drug-likeness (QED) is 0.728. The van der Waals surface area contributed by atoms with E-state index in [1.54, 1.807) is 11.0 Å². The van der Waals surface area contributed by atoms with Gasteiger partial charge in [0.1, 0.15) is 5.82 Å². The minimum absolute atomic E-state index is 0.0736. The topological polar surface area (TPSA) is 66.1 Å². The first-order valence-electron chi connectivity index (χ1n) is 9.11. The molecule has 1 aliphatic rings. The predicted molar refractivity (Wildman–Crippen MR) is 105 cm³/mol. The van der Waals surface area contributed by atoms with E-state index in [-0.39, 0.29) is 23.9 Å². The Hall–Kier alpha value is -2.66. The van der Waals surface area contributed by atoms with Crippen LogP contribution >= 0.6 is 11.6 Å². The summed E-state index contributed by atoms with van der Waals surface area (Å²) in [7, 11) is 0. The van der Waals surface area contributed by atoms with Crippen LogP contribution in [0.4, 0.5) is 0 Å². The van der Waals surface area contributed by atoms with Crippen LogP contribution in [0, 0.1) is 5.92 Å². The lowest BCUT2D eigenvalue weighted by Crippen LogP contribution is -2.38. The third kappa shape index (κ3) is 3.88. The van der Waals surface area contributed by atoms with Crippen molar-refractivity contribution < 1.29 is 4.79 Å². The molecule has 0 radical (unpaired) electrons. The average molecular weight is 382 g/mol. The molecule has 4 rings (SSSR count). The Morgan fingerprint density at radius 3 is 2.56 bits per heavy atom. The molecule has 1 amide bonds. The van der Waals surface area contributed by atoms with Gasteiger partial charge in [-0.1, -0.05) is 42.3 Å². The van der Waals surface area contributed by atoms with Gasteiger partial charge < -0.3 is 9.88 Å². The molecule has 138 valence electrons. The van der Waals surface area contributed by atoms with Crippen molar-refractivity contribution in [3.05, 3.63) is 75.3 Å². The number of hydrogen-bond donors (Lipinski definition) is 1. The van der Waals surface area contributed by atoms with Gasteiger partial charge in [0, 0.05) is 17.5 Å². The van der Waals surface area contributed by atoms with Gasteiger partial charge in [-0.05, 0) is 42.7 Å². The molecule has 5 nitrogen and oxygen atoms in total. The molecule has 0 bridgehead atoms. The molecule has 0 spiro atoms. The number of nitrogens with zero attached hydrogens (tertiary/aromatic N) is 2.